The molecule has 1 aliphatic heterocycles. The van der Waals surface area contributed by atoms with Gasteiger partial charge >= 0.3 is 0 Å². The maximum atomic E-state index is 6.55. The summed E-state index contributed by atoms with van der Waals surface area (Å²) in [7, 11) is 4.85. The highest BCUT2D eigenvalue weighted by molar-refractivity contribution is 6.33. The maximum absolute atomic E-state index is 6.55. The fourth-order valence-electron chi connectivity index (χ4n) is 3.51. The molecule has 1 saturated heterocycles. The van der Waals surface area contributed by atoms with E-state index in [-0.39, 0.29) is 0 Å². The zero-order valence-corrected chi connectivity index (χ0v) is 16.9. The van der Waals surface area contributed by atoms with Crippen LogP contribution in [-0.2, 0) is 6.54 Å². The average molecular weight is 391 g/mol. The normalized spacial score (nSPS) is 14.0. The molecule has 3 rings (SSSR count). The molecule has 1 aliphatic rings. The smallest absolute Gasteiger partial charge is 0.203 e. The van der Waals surface area contributed by atoms with Gasteiger partial charge in [0.1, 0.15) is 0 Å². The number of anilines is 2. The monoisotopic (exact) mass is 390 g/mol. The Balaban J connectivity index is 1.74. The van der Waals surface area contributed by atoms with Gasteiger partial charge in [-0.3, -0.25) is 0 Å². The van der Waals surface area contributed by atoms with Gasteiger partial charge < -0.3 is 24.4 Å². The van der Waals surface area contributed by atoms with Gasteiger partial charge in [-0.05, 0) is 49.6 Å². The van der Waals surface area contributed by atoms with E-state index in [0.29, 0.717) is 23.8 Å². The topological polar surface area (TPSA) is 43.0 Å². The highest BCUT2D eigenvalue weighted by Crippen LogP contribution is 2.40. The lowest BCUT2D eigenvalue weighted by molar-refractivity contribution is 0.322. The molecular formula is C21H27ClN2O3. The molecule has 5 nitrogen and oxygen atoms in total. The molecule has 6 heteroatoms. The summed E-state index contributed by atoms with van der Waals surface area (Å²) in [5.41, 5.74) is 3.06. The Labute approximate surface area is 166 Å². The Morgan fingerprint density at radius 1 is 0.926 bits per heavy atom. The van der Waals surface area contributed by atoms with E-state index in [1.165, 1.54) is 19.3 Å². The van der Waals surface area contributed by atoms with E-state index in [2.05, 4.69) is 22.3 Å². The summed E-state index contributed by atoms with van der Waals surface area (Å²) in [5.74, 6) is 1.91. The molecule has 2 aromatic rings. The summed E-state index contributed by atoms with van der Waals surface area (Å²) in [6.45, 7) is 2.74. The van der Waals surface area contributed by atoms with Crippen molar-refractivity contribution in [1.82, 2.24) is 0 Å². The summed E-state index contributed by atoms with van der Waals surface area (Å²) in [5, 5.41) is 4.19. The van der Waals surface area contributed by atoms with Gasteiger partial charge in [-0.15, -0.1) is 0 Å². The van der Waals surface area contributed by atoms with Crippen LogP contribution in [0.1, 0.15) is 24.8 Å². The molecule has 0 atom stereocenters. The fourth-order valence-corrected chi connectivity index (χ4v) is 3.81. The molecule has 0 spiro atoms. The average Bonchev–Trinajstić information content (AvgIpc) is 2.72. The molecule has 0 amide bonds. The van der Waals surface area contributed by atoms with E-state index >= 15 is 0 Å². The Bertz CT molecular complexity index is 776. The summed E-state index contributed by atoms with van der Waals surface area (Å²) in [6, 6.07) is 10.0. The van der Waals surface area contributed by atoms with Crippen molar-refractivity contribution < 1.29 is 14.2 Å². The van der Waals surface area contributed by atoms with Crippen LogP contribution in [0.4, 0.5) is 11.4 Å². The van der Waals surface area contributed by atoms with E-state index in [1.54, 1.807) is 21.3 Å². The van der Waals surface area contributed by atoms with Crippen molar-refractivity contribution in [3.8, 4) is 17.2 Å². The minimum atomic E-state index is 0.586. The van der Waals surface area contributed by atoms with Gasteiger partial charge in [0.25, 0.3) is 0 Å². The standard InChI is InChI=1S/C21H27ClN2O3/c1-25-19-10-7-15(20(26-2)21(19)27-3)14-23-16-8-9-18(17(22)13-16)24-11-5-4-6-12-24/h7-10,13,23H,4-6,11-12,14H2,1-3H3. The molecule has 2 aromatic carbocycles. The maximum Gasteiger partial charge on any atom is 0.203 e. The number of hydrogen-bond acceptors (Lipinski definition) is 5. The van der Waals surface area contributed by atoms with Crippen LogP contribution in [0.3, 0.4) is 0 Å². The Morgan fingerprint density at radius 3 is 2.30 bits per heavy atom. The molecule has 0 bridgehead atoms. The summed E-state index contributed by atoms with van der Waals surface area (Å²) < 4.78 is 16.3. The van der Waals surface area contributed by atoms with Crippen LogP contribution in [0.2, 0.25) is 5.02 Å². The van der Waals surface area contributed by atoms with Crippen molar-refractivity contribution in [2.75, 3.05) is 44.6 Å². The van der Waals surface area contributed by atoms with Crippen molar-refractivity contribution in [2.24, 2.45) is 0 Å². The first kappa shape index (κ1) is 19.5. The second-order valence-corrected chi connectivity index (χ2v) is 6.97. The van der Waals surface area contributed by atoms with Gasteiger partial charge in [0.2, 0.25) is 5.75 Å². The number of piperidine rings is 1. The van der Waals surface area contributed by atoms with Gasteiger partial charge in [-0.2, -0.15) is 0 Å². The zero-order valence-electron chi connectivity index (χ0n) is 16.2. The quantitative estimate of drug-likeness (QED) is 0.723. The molecule has 27 heavy (non-hydrogen) atoms. The van der Waals surface area contributed by atoms with E-state index in [1.807, 2.05) is 18.2 Å². The van der Waals surface area contributed by atoms with E-state index < -0.39 is 0 Å². The largest absolute Gasteiger partial charge is 0.493 e. The van der Waals surface area contributed by atoms with Gasteiger partial charge in [-0.1, -0.05) is 11.6 Å². The van der Waals surface area contributed by atoms with E-state index in [0.717, 1.165) is 35.1 Å². The number of benzene rings is 2. The molecule has 1 fully saturated rings. The Kier molecular flexibility index (Phi) is 6.56. The molecule has 1 N–H and O–H groups in total. The third-order valence-corrected chi connectivity index (χ3v) is 5.22. The van der Waals surface area contributed by atoms with E-state index in [4.69, 9.17) is 25.8 Å². The first-order chi connectivity index (χ1) is 13.2. The lowest BCUT2D eigenvalue weighted by Crippen LogP contribution is -2.29. The molecule has 146 valence electrons. The minimum Gasteiger partial charge on any atom is -0.493 e. The zero-order chi connectivity index (χ0) is 19.2. The molecule has 0 unspecified atom stereocenters. The lowest BCUT2D eigenvalue weighted by Gasteiger charge is -2.29. The van der Waals surface area contributed by atoms with Crippen LogP contribution in [0.15, 0.2) is 30.3 Å². The first-order valence-corrected chi connectivity index (χ1v) is 9.62. The number of nitrogens with one attached hydrogen (secondary N) is 1. The molecule has 0 aliphatic carbocycles. The first-order valence-electron chi connectivity index (χ1n) is 9.24. The number of hydrogen-bond donors (Lipinski definition) is 1. The number of nitrogens with zero attached hydrogens (tertiary/aromatic N) is 1. The molecular weight excluding hydrogens is 364 g/mol. The third kappa shape index (κ3) is 4.35. The Morgan fingerprint density at radius 2 is 1.67 bits per heavy atom. The van der Waals surface area contributed by atoms with Gasteiger partial charge in [0.05, 0.1) is 32.0 Å². The van der Waals surface area contributed by atoms with Crippen molar-refractivity contribution in [3.05, 3.63) is 40.9 Å². The van der Waals surface area contributed by atoms with Crippen LogP contribution in [-0.4, -0.2) is 34.4 Å². The molecule has 0 saturated carbocycles. The van der Waals surface area contributed by atoms with Gasteiger partial charge in [0, 0.05) is 30.9 Å². The van der Waals surface area contributed by atoms with Crippen LogP contribution < -0.4 is 24.4 Å². The molecule has 0 radical (unpaired) electrons. The number of ether oxygens (including phenoxy) is 3. The van der Waals surface area contributed by atoms with Crippen LogP contribution in [0, 0.1) is 0 Å². The number of rotatable bonds is 7. The highest BCUT2D eigenvalue weighted by atomic mass is 35.5. The predicted molar refractivity (Wildman–Crippen MR) is 111 cm³/mol. The Hall–Kier alpha value is -2.27. The molecule has 0 aromatic heterocycles. The second kappa shape index (κ2) is 9.09. The van der Waals surface area contributed by atoms with Crippen LogP contribution >= 0.6 is 11.6 Å². The van der Waals surface area contributed by atoms with Gasteiger partial charge in [0.15, 0.2) is 11.5 Å². The minimum absolute atomic E-state index is 0.586. The van der Waals surface area contributed by atoms with E-state index in [9.17, 15) is 0 Å². The van der Waals surface area contributed by atoms with Crippen molar-refractivity contribution >= 4 is 23.0 Å². The van der Waals surface area contributed by atoms with Crippen molar-refractivity contribution in [3.63, 3.8) is 0 Å². The highest BCUT2D eigenvalue weighted by Gasteiger charge is 2.16. The fraction of sp³-hybridized carbons (Fsp3) is 0.429. The van der Waals surface area contributed by atoms with Crippen LogP contribution in [0.5, 0.6) is 17.2 Å². The van der Waals surface area contributed by atoms with Gasteiger partial charge in [-0.25, -0.2) is 0 Å². The summed E-state index contributed by atoms with van der Waals surface area (Å²) in [6.07, 6.45) is 3.77. The van der Waals surface area contributed by atoms with Crippen LogP contribution in [0.25, 0.3) is 0 Å². The number of methoxy groups -OCH3 is 3. The predicted octanol–water partition coefficient (Wildman–Crippen LogP) is 4.97. The van der Waals surface area contributed by atoms with Crippen molar-refractivity contribution in [2.45, 2.75) is 25.8 Å². The van der Waals surface area contributed by atoms with Crippen molar-refractivity contribution in [1.29, 1.82) is 0 Å². The SMILES string of the molecule is COc1ccc(CNc2ccc(N3CCCCC3)c(Cl)c2)c(OC)c1OC. The third-order valence-electron chi connectivity index (χ3n) is 4.91. The number of halogens is 1. The molecule has 1 heterocycles. The lowest BCUT2D eigenvalue weighted by atomic mass is 10.1. The summed E-state index contributed by atoms with van der Waals surface area (Å²) >= 11 is 6.55. The second-order valence-electron chi connectivity index (χ2n) is 6.56. The summed E-state index contributed by atoms with van der Waals surface area (Å²) in [4.78, 5) is 2.37.